The van der Waals surface area contributed by atoms with Crippen LogP contribution in [0.4, 0.5) is 0 Å². The van der Waals surface area contributed by atoms with Crippen molar-refractivity contribution in [1.29, 1.82) is 0 Å². The summed E-state index contributed by atoms with van der Waals surface area (Å²) in [6, 6.07) is 4.32. The van der Waals surface area contributed by atoms with E-state index in [9.17, 15) is 4.79 Å². The van der Waals surface area contributed by atoms with Gasteiger partial charge in [0.1, 0.15) is 0 Å². The lowest BCUT2D eigenvalue weighted by atomic mass is 9.97. The first-order valence-corrected chi connectivity index (χ1v) is 8.19. The molecular weight excluding hydrogens is 292 g/mol. The first-order valence-electron chi connectivity index (χ1n) is 8.19. The number of amides is 1. The molecule has 1 amide bonds. The number of rotatable bonds is 4. The Bertz CT molecular complexity index is 582. The Morgan fingerprint density at radius 2 is 2.09 bits per heavy atom. The summed E-state index contributed by atoms with van der Waals surface area (Å²) < 4.78 is 0. The maximum atomic E-state index is 12.4. The minimum atomic E-state index is -0.835. The van der Waals surface area contributed by atoms with Crippen molar-refractivity contribution in [2.45, 2.75) is 51.3 Å². The molecule has 1 fully saturated rings. The highest BCUT2D eigenvalue weighted by atomic mass is 16.7. The molecule has 0 aliphatic carbocycles. The second-order valence-electron chi connectivity index (χ2n) is 6.70. The maximum Gasteiger partial charge on any atom is 0.267 e. The fraction of sp³-hybridized carbons (Fsp3) is 0.588. The molecular formula is C17H24N4O2. The van der Waals surface area contributed by atoms with Crippen LogP contribution in [-0.4, -0.2) is 46.2 Å². The highest BCUT2D eigenvalue weighted by Crippen LogP contribution is 2.24. The van der Waals surface area contributed by atoms with Gasteiger partial charge in [0.2, 0.25) is 5.60 Å². The molecule has 0 aromatic carbocycles. The fourth-order valence-corrected chi connectivity index (χ4v) is 3.17. The van der Waals surface area contributed by atoms with Crippen molar-refractivity contribution in [1.82, 2.24) is 15.2 Å². The van der Waals surface area contributed by atoms with Crippen LogP contribution in [-0.2, 0) is 16.2 Å². The minimum Gasteiger partial charge on any atom is -0.379 e. The molecule has 124 valence electrons. The topological polar surface area (TPSA) is 66.8 Å². The molecule has 1 aromatic heterocycles. The summed E-state index contributed by atoms with van der Waals surface area (Å²) in [4.78, 5) is 24.2. The van der Waals surface area contributed by atoms with Gasteiger partial charge in [0.05, 0.1) is 5.71 Å². The van der Waals surface area contributed by atoms with Gasteiger partial charge < -0.3 is 10.2 Å². The summed E-state index contributed by atoms with van der Waals surface area (Å²) in [7, 11) is 0. The molecule has 1 atom stereocenters. The Hall–Kier alpha value is -1.95. The number of hydrogen-bond donors (Lipinski definition) is 1. The van der Waals surface area contributed by atoms with Gasteiger partial charge in [-0.15, -0.1) is 0 Å². The molecule has 6 nitrogen and oxygen atoms in total. The number of carbonyl (C=O) groups is 1. The Labute approximate surface area is 136 Å². The summed E-state index contributed by atoms with van der Waals surface area (Å²) >= 11 is 0. The number of oxime groups is 1. The van der Waals surface area contributed by atoms with Crippen LogP contribution in [0.3, 0.4) is 0 Å². The fourth-order valence-electron chi connectivity index (χ4n) is 3.17. The summed E-state index contributed by atoms with van der Waals surface area (Å²) in [6.45, 7) is 6.61. The van der Waals surface area contributed by atoms with Crippen LogP contribution in [0.2, 0.25) is 0 Å². The van der Waals surface area contributed by atoms with Gasteiger partial charge in [-0.05, 0) is 44.4 Å². The summed E-state index contributed by atoms with van der Waals surface area (Å²) in [5.74, 6) is -0.0503. The highest BCUT2D eigenvalue weighted by molar-refractivity contribution is 5.94. The highest BCUT2D eigenvalue weighted by Gasteiger charge is 2.41. The van der Waals surface area contributed by atoms with Crippen molar-refractivity contribution < 1.29 is 9.63 Å². The zero-order chi connectivity index (χ0) is 16.3. The number of carbonyl (C=O) groups excluding carboxylic acids is 1. The lowest BCUT2D eigenvalue weighted by molar-refractivity contribution is -0.142. The van der Waals surface area contributed by atoms with E-state index in [2.05, 4.69) is 32.5 Å². The number of nitrogens with one attached hydrogen (secondary N) is 1. The molecule has 6 heteroatoms. The van der Waals surface area contributed by atoms with Crippen LogP contribution in [0.15, 0.2) is 29.7 Å². The van der Waals surface area contributed by atoms with Crippen LogP contribution >= 0.6 is 0 Å². The molecule has 3 rings (SSSR count). The average Bonchev–Trinajstić information content (AvgIpc) is 2.91. The van der Waals surface area contributed by atoms with Crippen molar-refractivity contribution in [2.75, 3.05) is 13.1 Å². The minimum absolute atomic E-state index is 0.0503. The van der Waals surface area contributed by atoms with Crippen LogP contribution in [0, 0.1) is 0 Å². The summed E-state index contributed by atoms with van der Waals surface area (Å²) in [6.07, 6.45) is 6.16. The van der Waals surface area contributed by atoms with Crippen molar-refractivity contribution in [3.05, 3.63) is 30.1 Å². The van der Waals surface area contributed by atoms with Crippen LogP contribution < -0.4 is 5.32 Å². The molecule has 2 aliphatic heterocycles. The van der Waals surface area contributed by atoms with Gasteiger partial charge >= 0.3 is 0 Å². The zero-order valence-corrected chi connectivity index (χ0v) is 13.8. The predicted molar refractivity (Wildman–Crippen MR) is 87.9 cm³/mol. The number of piperidine rings is 1. The van der Waals surface area contributed by atoms with Gasteiger partial charge in [0.25, 0.3) is 5.91 Å². The number of likely N-dealkylation sites (tertiary alicyclic amines) is 1. The van der Waals surface area contributed by atoms with Gasteiger partial charge in [-0.1, -0.05) is 5.16 Å². The number of nitrogens with zero attached hydrogens (tertiary/aromatic N) is 3. The quantitative estimate of drug-likeness (QED) is 0.918. The number of aromatic nitrogens is 1. The molecule has 1 N–H and O–H groups in total. The lowest BCUT2D eigenvalue weighted by Gasteiger charge is -2.33. The smallest absolute Gasteiger partial charge is 0.267 e. The number of pyridine rings is 1. The standard InChI is InChI=1S/C17H24N4O2/c1-13-11-17(2,23-20-13)16(22)19-15-5-9-21(10-6-15)12-14-3-7-18-8-4-14/h3-4,7-8,15H,5-6,9-12H2,1-2H3,(H,19,22)/t17-/m1/s1. The van der Waals surface area contributed by atoms with Crippen molar-refractivity contribution in [3.63, 3.8) is 0 Å². The van der Waals surface area contributed by atoms with E-state index in [4.69, 9.17) is 4.84 Å². The molecule has 1 saturated heterocycles. The van der Waals surface area contributed by atoms with E-state index in [1.807, 2.05) is 19.3 Å². The largest absolute Gasteiger partial charge is 0.379 e. The van der Waals surface area contributed by atoms with Gasteiger partial charge in [-0.2, -0.15) is 0 Å². The van der Waals surface area contributed by atoms with Gasteiger partial charge in [-0.3, -0.25) is 14.7 Å². The van der Waals surface area contributed by atoms with E-state index in [1.54, 1.807) is 6.92 Å². The normalized spacial score (nSPS) is 25.7. The predicted octanol–water partition coefficient (Wildman–Crippen LogP) is 1.72. The monoisotopic (exact) mass is 316 g/mol. The summed E-state index contributed by atoms with van der Waals surface area (Å²) in [5.41, 5.74) is 1.31. The Morgan fingerprint density at radius 1 is 1.39 bits per heavy atom. The van der Waals surface area contributed by atoms with Crippen LogP contribution in [0.1, 0.15) is 38.7 Å². The van der Waals surface area contributed by atoms with Crippen molar-refractivity contribution >= 4 is 11.6 Å². The van der Waals surface area contributed by atoms with E-state index in [1.165, 1.54) is 5.56 Å². The van der Waals surface area contributed by atoms with Crippen LogP contribution in [0.25, 0.3) is 0 Å². The molecule has 0 radical (unpaired) electrons. The molecule has 3 heterocycles. The van der Waals surface area contributed by atoms with E-state index in [0.29, 0.717) is 6.42 Å². The first-order chi connectivity index (χ1) is 11.0. The third kappa shape index (κ3) is 3.88. The molecule has 23 heavy (non-hydrogen) atoms. The van der Waals surface area contributed by atoms with Crippen LogP contribution in [0.5, 0.6) is 0 Å². The van der Waals surface area contributed by atoms with Gasteiger partial charge in [0, 0.05) is 44.5 Å². The molecule has 0 spiro atoms. The Morgan fingerprint density at radius 3 is 2.70 bits per heavy atom. The van der Waals surface area contributed by atoms with E-state index < -0.39 is 5.60 Å². The maximum absolute atomic E-state index is 12.4. The Kier molecular flexibility index (Phi) is 4.61. The van der Waals surface area contributed by atoms with Gasteiger partial charge in [-0.25, -0.2) is 0 Å². The second kappa shape index (κ2) is 6.66. The molecule has 1 aromatic rings. The SMILES string of the molecule is CC1=NO[C@@](C)(C(=O)NC2CCN(Cc3ccncc3)CC2)C1. The molecule has 0 unspecified atom stereocenters. The molecule has 2 aliphatic rings. The first kappa shape index (κ1) is 15.9. The molecule has 0 saturated carbocycles. The van der Waals surface area contributed by atoms with E-state index >= 15 is 0 Å². The van der Waals surface area contributed by atoms with E-state index in [-0.39, 0.29) is 11.9 Å². The van der Waals surface area contributed by atoms with Crippen molar-refractivity contribution in [2.24, 2.45) is 5.16 Å². The summed E-state index contributed by atoms with van der Waals surface area (Å²) in [5, 5.41) is 7.04. The third-order valence-corrected chi connectivity index (χ3v) is 4.55. The second-order valence-corrected chi connectivity index (χ2v) is 6.70. The van der Waals surface area contributed by atoms with E-state index in [0.717, 1.165) is 38.2 Å². The average molecular weight is 316 g/mol. The van der Waals surface area contributed by atoms with Crippen molar-refractivity contribution in [3.8, 4) is 0 Å². The zero-order valence-electron chi connectivity index (χ0n) is 13.8. The lowest BCUT2D eigenvalue weighted by Crippen LogP contribution is -2.51. The Balaban J connectivity index is 1.45. The third-order valence-electron chi connectivity index (χ3n) is 4.55. The van der Waals surface area contributed by atoms with Gasteiger partial charge in [0.15, 0.2) is 0 Å². The number of hydrogen-bond acceptors (Lipinski definition) is 5. The molecule has 0 bridgehead atoms.